The first kappa shape index (κ1) is 27.9. The number of halogens is 3. The van der Waals surface area contributed by atoms with E-state index in [1.807, 2.05) is 30.3 Å². The minimum Gasteiger partial charge on any atom is -0.481 e. The number of aliphatic carboxylic acids is 1. The lowest BCUT2D eigenvalue weighted by molar-refractivity contribution is -0.274. The summed E-state index contributed by atoms with van der Waals surface area (Å²) in [5.74, 6) is -1.90. The Hall–Kier alpha value is -5.13. The number of urea groups is 1. The molecule has 0 bridgehead atoms. The van der Waals surface area contributed by atoms with Crippen LogP contribution in [0.5, 0.6) is 5.75 Å². The first-order valence-electron chi connectivity index (χ1n) is 12.0. The summed E-state index contributed by atoms with van der Waals surface area (Å²) in [6, 6.07) is 19.0. The fourth-order valence-electron chi connectivity index (χ4n) is 3.86. The number of alkyl halides is 3. The molecule has 12 heteroatoms. The molecular formula is C28H23F3N4O5. The first-order valence-corrected chi connectivity index (χ1v) is 12.0. The highest BCUT2D eigenvalue weighted by Crippen LogP contribution is 2.26. The van der Waals surface area contributed by atoms with E-state index in [4.69, 9.17) is 5.11 Å². The van der Waals surface area contributed by atoms with Crippen molar-refractivity contribution in [2.24, 2.45) is 0 Å². The van der Waals surface area contributed by atoms with E-state index in [1.54, 1.807) is 30.5 Å². The van der Waals surface area contributed by atoms with Crippen molar-refractivity contribution in [3.05, 3.63) is 102 Å². The molecule has 1 unspecified atom stereocenters. The predicted octanol–water partition coefficient (Wildman–Crippen LogP) is 5.25. The standard InChI is InChI=1S/C28H23F3N4O5/c29-28(30,31)40-22-11-9-21(10-12-22)34-27(39)35-25(20-15-19-3-1-2-4-23(19)33-16-20)17-5-7-18(8-6-17)26(38)32-14-13-24(36)37/h1-12,15-16,25H,13-14H2,(H,32,38)(H,36,37)(H2,34,35,39). The van der Waals surface area contributed by atoms with Crippen LogP contribution >= 0.6 is 0 Å². The molecule has 0 radical (unpaired) electrons. The number of pyridine rings is 1. The highest BCUT2D eigenvalue weighted by Gasteiger charge is 2.31. The third kappa shape index (κ3) is 7.69. The van der Waals surface area contributed by atoms with Gasteiger partial charge in [-0.15, -0.1) is 13.2 Å². The number of nitrogens with zero attached hydrogens (tertiary/aromatic N) is 1. The average molecular weight is 553 g/mol. The normalized spacial score (nSPS) is 11.9. The fourth-order valence-corrected chi connectivity index (χ4v) is 3.86. The van der Waals surface area contributed by atoms with Crippen molar-refractivity contribution in [3.63, 3.8) is 0 Å². The summed E-state index contributed by atoms with van der Waals surface area (Å²) in [5, 5.41) is 17.5. The maximum absolute atomic E-state index is 12.9. The molecule has 4 rings (SSSR count). The third-order valence-electron chi connectivity index (χ3n) is 5.70. The number of hydrogen-bond acceptors (Lipinski definition) is 5. The van der Waals surface area contributed by atoms with Gasteiger partial charge in [0.25, 0.3) is 5.91 Å². The van der Waals surface area contributed by atoms with Crippen LogP contribution < -0.4 is 20.7 Å². The van der Waals surface area contributed by atoms with Crippen LogP contribution in [0.2, 0.25) is 0 Å². The average Bonchev–Trinajstić information content (AvgIpc) is 2.91. The number of carbonyl (C=O) groups excluding carboxylic acids is 2. The van der Waals surface area contributed by atoms with Crippen molar-refractivity contribution < 1.29 is 37.4 Å². The Bertz CT molecular complexity index is 1510. The molecule has 1 atom stereocenters. The largest absolute Gasteiger partial charge is 0.573 e. The molecule has 0 aliphatic heterocycles. The summed E-state index contributed by atoms with van der Waals surface area (Å²) in [6.45, 7) is -0.0215. The zero-order valence-electron chi connectivity index (χ0n) is 20.7. The highest BCUT2D eigenvalue weighted by molar-refractivity contribution is 5.94. The molecule has 4 aromatic rings. The quantitative estimate of drug-likeness (QED) is 0.225. The molecule has 206 valence electrons. The van der Waals surface area contributed by atoms with Gasteiger partial charge in [0.05, 0.1) is 18.0 Å². The Morgan fingerprint density at radius 1 is 0.925 bits per heavy atom. The number of para-hydroxylation sites is 1. The number of fused-ring (bicyclic) bond motifs is 1. The van der Waals surface area contributed by atoms with E-state index in [0.29, 0.717) is 16.7 Å². The number of benzene rings is 3. The van der Waals surface area contributed by atoms with E-state index in [-0.39, 0.29) is 18.7 Å². The number of carbonyl (C=O) groups is 3. The van der Waals surface area contributed by atoms with Crippen LogP contribution in [0.3, 0.4) is 0 Å². The van der Waals surface area contributed by atoms with Crippen molar-refractivity contribution in [2.45, 2.75) is 18.8 Å². The van der Waals surface area contributed by atoms with Crippen molar-refractivity contribution >= 4 is 34.5 Å². The van der Waals surface area contributed by atoms with E-state index >= 15 is 0 Å². The minimum absolute atomic E-state index is 0.0215. The smallest absolute Gasteiger partial charge is 0.481 e. The monoisotopic (exact) mass is 552 g/mol. The van der Waals surface area contributed by atoms with Gasteiger partial charge >= 0.3 is 18.4 Å². The van der Waals surface area contributed by atoms with E-state index in [1.165, 1.54) is 12.1 Å². The molecule has 3 amide bonds. The van der Waals surface area contributed by atoms with Crippen LogP contribution in [0.1, 0.15) is 33.9 Å². The zero-order valence-corrected chi connectivity index (χ0v) is 20.7. The van der Waals surface area contributed by atoms with Gasteiger partial charge in [-0.05, 0) is 59.7 Å². The minimum atomic E-state index is -4.83. The van der Waals surface area contributed by atoms with Crippen molar-refractivity contribution in [1.29, 1.82) is 0 Å². The zero-order chi connectivity index (χ0) is 28.7. The maximum Gasteiger partial charge on any atom is 0.573 e. The molecule has 0 aliphatic rings. The third-order valence-corrected chi connectivity index (χ3v) is 5.70. The van der Waals surface area contributed by atoms with Gasteiger partial charge in [0, 0.05) is 29.4 Å². The molecule has 1 aromatic heterocycles. The molecule has 40 heavy (non-hydrogen) atoms. The molecule has 0 fully saturated rings. The van der Waals surface area contributed by atoms with Crippen molar-refractivity contribution in [1.82, 2.24) is 15.6 Å². The summed E-state index contributed by atoms with van der Waals surface area (Å²) in [4.78, 5) is 40.4. The second-order valence-electron chi connectivity index (χ2n) is 8.59. The van der Waals surface area contributed by atoms with Crippen molar-refractivity contribution in [2.75, 3.05) is 11.9 Å². The number of amides is 3. The number of carboxylic acid groups (broad SMARTS) is 1. The number of hydrogen-bond donors (Lipinski definition) is 4. The number of ether oxygens (including phenoxy) is 1. The SMILES string of the molecule is O=C(O)CCNC(=O)c1ccc(C(NC(=O)Nc2ccc(OC(F)(F)F)cc2)c2cnc3ccccc3c2)cc1. The molecule has 0 saturated carbocycles. The van der Waals surface area contributed by atoms with E-state index in [2.05, 4.69) is 25.7 Å². The van der Waals surface area contributed by atoms with Gasteiger partial charge in [-0.25, -0.2) is 4.79 Å². The molecular weight excluding hydrogens is 529 g/mol. The summed E-state index contributed by atoms with van der Waals surface area (Å²) in [7, 11) is 0. The number of carboxylic acids is 1. The van der Waals surface area contributed by atoms with E-state index in [0.717, 1.165) is 23.0 Å². The summed E-state index contributed by atoms with van der Waals surface area (Å²) < 4.78 is 41.1. The Morgan fingerprint density at radius 2 is 1.62 bits per heavy atom. The molecule has 0 spiro atoms. The Balaban J connectivity index is 1.54. The maximum atomic E-state index is 12.9. The first-order chi connectivity index (χ1) is 19.1. The lowest BCUT2D eigenvalue weighted by Gasteiger charge is -2.21. The molecule has 0 aliphatic carbocycles. The Kier molecular flexibility index (Phi) is 8.48. The topological polar surface area (TPSA) is 130 Å². The van der Waals surface area contributed by atoms with Crippen LogP contribution in [-0.2, 0) is 4.79 Å². The molecule has 1 heterocycles. The van der Waals surface area contributed by atoms with Crippen LogP contribution in [-0.4, -0.2) is 40.9 Å². The van der Waals surface area contributed by atoms with Gasteiger partial charge in [-0.3, -0.25) is 14.6 Å². The highest BCUT2D eigenvalue weighted by atomic mass is 19.4. The Morgan fingerprint density at radius 3 is 2.30 bits per heavy atom. The summed E-state index contributed by atoms with van der Waals surface area (Å²) in [6.07, 6.45) is -3.43. The van der Waals surface area contributed by atoms with Gasteiger partial charge in [-0.1, -0.05) is 30.3 Å². The molecule has 9 nitrogen and oxygen atoms in total. The number of nitrogens with one attached hydrogen (secondary N) is 3. The van der Waals surface area contributed by atoms with Crippen LogP contribution in [0.25, 0.3) is 10.9 Å². The molecule has 3 aromatic carbocycles. The van der Waals surface area contributed by atoms with Crippen LogP contribution in [0.4, 0.5) is 23.7 Å². The fraction of sp³-hybridized carbons (Fsp3) is 0.143. The number of anilines is 1. The van der Waals surface area contributed by atoms with E-state index < -0.39 is 36.1 Å². The second-order valence-corrected chi connectivity index (χ2v) is 8.59. The summed E-state index contributed by atoms with van der Waals surface area (Å²) in [5.41, 5.74) is 2.54. The molecule has 4 N–H and O–H groups in total. The number of aromatic nitrogens is 1. The Labute approximate surface area is 226 Å². The summed E-state index contributed by atoms with van der Waals surface area (Å²) >= 11 is 0. The van der Waals surface area contributed by atoms with Gasteiger partial charge in [0.2, 0.25) is 0 Å². The number of rotatable bonds is 9. The van der Waals surface area contributed by atoms with Gasteiger partial charge in [0.1, 0.15) is 5.75 Å². The van der Waals surface area contributed by atoms with Crippen molar-refractivity contribution in [3.8, 4) is 5.75 Å². The molecule has 0 saturated heterocycles. The predicted molar refractivity (Wildman–Crippen MR) is 140 cm³/mol. The van der Waals surface area contributed by atoms with Crippen LogP contribution in [0, 0.1) is 0 Å². The van der Waals surface area contributed by atoms with E-state index in [9.17, 15) is 27.6 Å². The van der Waals surface area contributed by atoms with Gasteiger partial charge in [0.15, 0.2) is 0 Å². The van der Waals surface area contributed by atoms with Crippen LogP contribution in [0.15, 0.2) is 85.1 Å². The van der Waals surface area contributed by atoms with Gasteiger partial charge in [-0.2, -0.15) is 0 Å². The van der Waals surface area contributed by atoms with Gasteiger partial charge < -0.3 is 25.8 Å². The second kappa shape index (κ2) is 12.2. The lowest BCUT2D eigenvalue weighted by atomic mass is 9.97. The lowest BCUT2D eigenvalue weighted by Crippen LogP contribution is -2.33.